The van der Waals surface area contributed by atoms with Crippen LogP contribution in [0.2, 0.25) is 0 Å². The van der Waals surface area contributed by atoms with Gasteiger partial charge in [0.25, 0.3) is 0 Å². The van der Waals surface area contributed by atoms with E-state index in [4.69, 9.17) is 10.5 Å². The van der Waals surface area contributed by atoms with Crippen LogP contribution in [0, 0.1) is 11.8 Å². The van der Waals surface area contributed by atoms with Gasteiger partial charge >= 0.3 is 0 Å². The highest BCUT2D eigenvalue weighted by Crippen LogP contribution is 2.31. The van der Waals surface area contributed by atoms with Gasteiger partial charge in [0.2, 0.25) is 0 Å². The molecule has 3 rings (SSSR count). The first-order chi connectivity index (χ1) is 7.33. The highest BCUT2D eigenvalue weighted by Gasteiger charge is 2.37. The normalized spacial score (nSPS) is 29.5. The maximum atomic E-state index is 5.75. The predicted octanol–water partition coefficient (Wildman–Crippen LogP) is 0.746. The molecule has 0 spiro atoms. The highest BCUT2D eigenvalue weighted by atomic mass is 16.5. The quantitative estimate of drug-likeness (QED) is 0.735. The summed E-state index contributed by atoms with van der Waals surface area (Å²) < 4.78 is 5.45. The number of anilines is 2. The Morgan fingerprint density at radius 1 is 1.33 bits per heavy atom. The molecule has 0 bridgehead atoms. The molecule has 2 fully saturated rings. The zero-order valence-electron chi connectivity index (χ0n) is 8.60. The van der Waals surface area contributed by atoms with Crippen molar-refractivity contribution in [2.45, 2.75) is 0 Å². The van der Waals surface area contributed by atoms with Crippen LogP contribution in [0.25, 0.3) is 0 Å². The Morgan fingerprint density at radius 2 is 2.07 bits per heavy atom. The van der Waals surface area contributed by atoms with Gasteiger partial charge in [-0.3, -0.25) is 0 Å². The molecule has 1 aromatic heterocycles. The van der Waals surface area contributed by atoms with Gasteiger partial charge in [-0.15, -0.1) is 0 Å². The summed E-state index contributed by atoms with van der Waals surface area (Å²) in [4.78, 5) is 6.67. The number of hydrogen-bond acceptors (Lipinski definition) is 4. The summed E-state index contributed by atoms with van der Waals surface area (Å²) in [5.74, 6) is 2.38. The van der Waals surface area contributed by atoms with Crippen LogP contribution in [0.4, 0.5) is 11.5 Å². The van der Waals surface area contributed by atoms with E-state index in [0.717, 1.165) is 37.8 Å². The number of pyridine rings is 1. The lowest BCUT2D eigenvalue weighted by atomic mass is 10.0. The molecule has 4 nitrogen and oxygen atoms in total. The van der Waals surface area contributed by atoms with Crippen molar-refractivity contribution in [2.75, 3.05) is 36.9 Å². The second-order valence-corrected chi connectivity index (χ2v) is 4.41. The van der Waals surface area contributed by atoms with Gasteiger partial charge in [0.15, 0.2) is 0 Å². The average Bonchev–Trinajstić information content (AvgIpc) is 2.76. The van der Waals surface area contributed by atoms with Crippen LogP contribution in [0.1, 0.15) is 0 Å². The van der Waals surface area contributed by atoms with Crippen LogP contribution in [0.3, 0.4) is 0 Å². The van der Waals surface area contributed by atoms with Crippen LogP contribution in [0.5, 0.6) is 0 Å². The van der Waals surface area contributed by atoms with E-state index in [0.29, 0.717) is 11.8 Å². The van der Waals surface area contributed by atoms with Crippen molar-refractivity contribution in [2.24, 2.45) is 11.8 Å². The van der Waals surface area contributed by atoms with E-state index in [2.05, 4.69) is 9.88 Å². The van der Waals surface area contributed by atoms with Crippen LogP contribution in [-0.2, 0) is 4.74 Å². The molecule has 0 saturated carbocycles. The molecular weight excluding hydrogens is 190 g/mol. The first-order valence-corrected chi connectivity index (χ1v) is 5.37. The fourth-order valence-corrected chi connectivity index (χ4v) is 2.48. The molecule has 2 unspecified atom stereocenters. The third kappa shape index (κ3) is 1.55. The summed E-state index contributed by atoms with van der Waals surface area (Å²) >= 11 is 0. The molecule has 2 N–H and O–H groups in total. The molecule has 3 heterocycles. The summed E-state index contributed by atoms with van der Waals surface area (Å²) in [5.41, 5.74) is 6.54. The van der Waals surface area contributed by atoms with Crippen molar-refractivity contribution in [1.29, 1.82) is 0 Å². The minimum absolute atomic E-state index is 0.688. The van der Waals surface area contributed by atoms with Crippen molar-refractivity contribution in [1.82, 2.24) is 4.98 Å². The van der Waals surface area contributed by atoms with Crippen molar-refractivity contribution >= 4 is 11.5 Å². The smallest absolute Gasteiger partial charge is 0.130 e. The zero-order chi connectivity index (χ0) is 10.3. The third-order valence-electron chi connectivity index (χ3n) is 3.33. The summed E-state index contributed by atoms with van der Waals surface area (Å²) in [6.07, 6.45) is 1.77. The number of nitrogen functional groups attached to an aromatic ring is 1. The van der Waals surface area contributed by atoms with Crippen LogP contribution < -0.4 is 10.6 Å². The van der Waals surface area contributed by atoms with Crippen LogP contribution >= 0.6 is 0 Å². The maximum absolute atomic E-state index is 5.75. The minimum atomic E-state index is 0.688. The Balaban J connectivity index is 1.79. The van der Waals surface area contributed by atoms with Gasteiger partial charge in [-0.05, 0) is 6.07 Å². The zero-order valence-corrected chi connectivity index (χ0v) is 8.60. The molecule has 2 saturated heterocycles. The van der Waals surface area contributed by atoms with E-state index in [1.165, 1.54) is 0 Å². The molecule has 2 aliphatic rings. The molecule has 2 atom stereocenters. The average molecular weight is 205 g/mol. The highest BCUT2D eigenvalue weighted by molar-refractivity contribution is 5.51. The Bertz CT molecular complexity index is 357. The number of rotatable bonds is 1. The topological polar surface area (TPSA) is 51.4 Å². The van der Waals surface area contributed by atoms with E-state index in [9.17, 15) is 0 Å². The fourth-order valence-electron chi connectivity index (χ4n) is 2.48. The molecule has 2 aliphatic heterocycles. The molecule has 4 heteroatoms. The number of hydrogen-bond donors (Lipinski definition) is 1. The molecule has 0 radical (unpaired) electrons. The van der Waals surface area contributed by atoms with Crippen molar-refractivity contribution in [3.05, 3.63) is 18.3 Å². The lowest BCUT2D eigenvalue weighted by molar-refractivity contribution is 0.177. The Hall–Kier alpha value is -1.29. The van der Waals surface area contributed by atoms with E-state index < -0.39 is 0 Å². The summed E-state index contributed by atoms with van der Waals surface area (Å²) in [6.45, 7) is 3.93. The predicted molar refractivity (Wildman–Crippen MR) is 58.7 cm³/mol. The Labute approximate surface area is 89.0 Å². The second kappa shape index (κ2) is 3.38. The summed E-state index contributed by atoms with van der Waals surface area (Å²) in [7, 11) is 0. The van der Waals surface area contributed by atoms with Crippen LogP contribution in [0.15, 0.2) is 18.3 Å². The molecule has 0 amide bonds. The molecule has 1 aromatic rings. The minimum Gasteiger partial charge on any atom is -0.399 e. The largest absolute Gasteiger partial charge is 0.399 e. The van der Waals surface area contributed by atoms with E-state index >= 15 is 0 Å². The van der Waals surface area contributed by atoms with Crippen molar-refractivity contribution in [3.8, 4) is 0 Å². The number of nitrogens with two attached hydrogens (primary N) is 1. The summed E-state index contributed by atoms with van der Waals surface area (Å²) in [5, 5.41) is 0. The standard InChI is InChI=1S/C11H15N3O/c12-10-1-2-13-11(3-10)14-4-8-6-15-7-9(8)5-14/h1-3,8-9H,4-7H2,(H2,12,13). The molecule has 15 heavy (non-hydrogen) atoms. The van der Waals surface area contributed by atoms with Gasteiger partial charge in [0.05, 0.1) is 13.2 Å². The molecule has 80 valence electrons. The SMILES string of the molecule is Nc1ccnc(N2CC3COCC3C2)c1. The number of nitrogens with zero attached hydrogens (tertiary/aromatic N) is 2. The number of fused-ring (bicyclic) bond motifs is 1. The molecular formula is C11H15N3O. The maximum Gasteiger partial charge on any atom is 0.130 e. The van der Waals surface area contributed by atoms with Crippen LogP contribution in [-0.4, -0.2) is 31.3 Å². The Morgan fingerprint density at radius 3 is 2.73 bits per heavy atom. The first kappa shape index (κ1) is 8.97. The van der Waals surface area contributed by atoms with Crippen molar-refractivity contribution < 1.29 is 4.74 Å². The van der Waals surface area contributed by atoms with Crippen molar-refractivity contribution in [3.63, 3.8) is 0 Å². The second-order valence-electron chi connectivity index (χ2n) is 4.41. The first-order valence-electron chi connectivity index (χ1n) is 5.37. The monoisotopic (exact) mass is 205 g/mol. The van der Waals surface area contributed by atoms with E-state index in [-0.39, 0.29) is 0 Å². The van der Waals surface area contributed by atoms with Gasteiger partial charge in [-0.1, -0.05) is 0 Å². The third-order valence-corrected chi connectivity index (χ3v) is 3.33. The number of ether oxygens (including phenoxy) is 1. The van der Waals surface area contributed by atoms with E-state index in [1.807, 2.05) is 12.1 Å². The molecule has 0 aliphatic carbocycles. The lowest BCUT2D eigenvalue weighted by Crippen LogP contribution is -2.23. The number of aromatic nitrogens is 1. The van der Waals surface area contributed by atoms with Gasteiger partial charge < -0.3 is 15.4 Å². The van der Waals surface area contributed by atoms with Gasteiger partial charge in [-0.25, -0.2) is 4.98 Å². The summed E-state index contributed by atoms with van der Waals surface area (Å²) in [6, 6.07) is 3.77. The fraction of sp³-hybridized carbons (Fsp3) is 0.545. The molecule has 0 aromatic carbocycles. The lowest BCUT2D eigenvalue weighted by Gasteiger charge is -2.18. The van der Waals surface area contributed by atoms with E-state index in [1.54, 1.807) is 6.20 Å². The van der Waals surface area contributed by atoms with Gasteiger partial charge in [0, 0.05) is 42.9 Å². The van der Waals surface area contributed by atoms with Gasteiger partial charge in [0.1, 0.15) is 5.82 Å². The Kier molecular flexibility index (Phi) is 2.02. The van der Waals surface area contributed by atoms with Gasteiger partial charge in [-0.2, -0.15) is 0 Å².